The van der Waals surface area contributed by atoms with Crippen molar-refractivity contribution in [3.63, 3.8) is 0 Å². The molecule has 0 N–H and O–H groups in total. The number of alkyl halides is 3. The molecule has 164 valence electrons. The van der Waals surface area contributed by atoms with E-state index >= 15 is 0 Å². The van der Waals surface area contributed by atoms with E-state index in [1.165, 1.54) is 11.1 Å². The number of aromatic nitrogens is 2. The first-order valence-corrected chi connectivity index (χ1v) is 11.0. The van der Waals surface area contributed by atoms with Gasteiger partial charge >= 0.3 is 6.18 Å². The third kappa shape index (κ3) is 3.95. The third-order valence-electron chi connectivity index (χ3n) is 5.40. The first kappa shape index (κ1) is 21.2. The molecule has 30 heavy (non-hydrogen) atoms. The largest absolute Gasteiger partial charge is 0.416 e. The Hall–Kier alpha value is -2.05. The second kappa shape index (κ2) is 7.27. The minimum Gasteiger partial charge on any atom is -0.359 e. The predicted molar refractivity (Wildman–Crippen MR) is 94.8 cm³/mol. The first-order valence-electron chi connectivity index (χ1n) is 9.12. The number of hydrogen-bond acceptors (Lipinski definition) is 5. The normalized spacial score (nSPS) is 25.5. The van der Waals surface area contributed by atoms with Crippen LogP contribution in [0.25, 0.3) is 0 Å². The van der Waals surface area contributed by atoms with Crippen LogP contribution in [0.2, 0.25) is 0 Å². The van der Waals surface area contributed by atoms with Crippen LogP contribution in [0, 0.1) is 11.6 Å². The molecule has 0 aliphatic carbocycles. The smallest absolute Gasteiger partial charge is 0.359 e. The summed E-state index contributed by atoms with van der Waals surface area (Å²) in [5, 5.41) is 3.95. The van der Waals surface area contributed by atoms with Crippen LogP contribution >= 0.6 is 0 Å². The summed E-state index contributed by atoms with van der Waals surface area (Å²) in [6.07, 6.45) is -5.75. The molecule has 1 aromatic carbocycles. The maximum atomic E-state index is 14.0. The molecule has 0 saturated carbocycles. The van der Waals surface area contributed by atoms with Crippen molar-refractivity contribution in [2.45, 2.75) is 50.4 Å². The van der Waals surface area contributed by atoms with Crippen molar-refractivity contribution in [1.82, 2.24) is 14.1 Å². The van der Waals surface area contributed by atoms with Crippen LogP contribution in [-0.4, -0.2) is 47.1 Å². The summed E-state index contributed by atoms with van der Waals surface area (Å²) in [6, 6.07) is 1.55. The molecule has 12 heteroatoms. The van der Waals surface area contributed by atoms with E-state index in [2.05, 4.69) is 5.10 Å². The molecule has 0 bridgehead atoms. The van der Waals surface area contributed by atoms with Gasteiger partial charge in [-0.15, -0.1) is 0 Å². The third-order valence-corrected chi connectivity index (χ3v) is 6.27. The topological polar surface area (TPSA) is 64.4 Å². The van der Waals surface area contributed by atoms with Crippen molar-refractivity contribution in [2.75, 3.05) is 6.26 Å². The van der Waals surface area contributed by atoms with Crippen molar-refractivity contribution in [2.24, 2.45) is 0 Å². The van der Waals surface area contributed by atoms with Crippen LogP contribution in [0.5, 0.6) is 0 Å². The van der Waals surface area contributed by atoms with Crippen molar-refractivity contribution >= 4 is 10.0 Å². The molecule has 0 radical (unpaired) electrons. The molecule has 0 spiro atoms. The lowest BCUT2D eigenvalue weighted by Crippen LogP contribution is -2.52. The highest BCUT2D eigenvalue weighted by Crippen LogP contribution is 2.42. The van der Waals surface area contributed by atoms with Crippen LogP contribution in [0.15, 0.2) is 24.4 Å². The Morgan fingerprint density at radius 2 is 1.90 bits per heavy atom. The lowest BCUT2D eigenvalue weighted by Gasteiger charge is -2.41. The maximum absolute atomic E-state index is 14.0. The Balaban J connectivity index is 1.56. The summed E-state index contributed by atoms with van der Waals surface area (Å²) in [4.78, 5) is 1.53. The molecular weight excluding hydrogens is 433 g/mol. The van der Waals surface area contributed by atoms with E-state index in [0.717, 1.165) is 28.5 Å². The Kier molecular flexibility index (Phi) is 5.14. The van der Waals surface area contributed by atoms with Gasteiger partial charge < -0.3 is 4.74 Å². The SMILES string of the molecule is CS(=O)(=O)n1cc2c(n1)CN([C@@H]1CC[C@H](c3cc(F)ccc3F)O[C@@H]1C(F)(F)F)C2. The summed E-state index contributed by atoms with van der Waals surface area (Å²) in [6.45, 7) is 0.127. The minimum atomic E-state index is -4.72. The fourth-order valence-corrected chi connectivity index (χ4v) is 4.59. The average Bonchev–Trinajstić information content (AvgIpc) is 3.21. The number of rotatable bonds is 3. The summed E-state index contributed by atoms with van der Waals surface area (Å²) in [5.41, 5.74) is 0.677. The van der Waals surface area contributed by atoms with Gasteiger partial charge in [0.15, 0.2) is 6.10 Å². The molecule has 3 heterocycles. The molecule has 2 aliphatic rings. The average molecular weight is 451 g/mol. The van der Waals surface area contributed by atoms with Gasteiger partial charge in [0.1, 0.15) is 11.6 Å². The zero-order chi connectivity index (χ0) is 21.8. The second-order valence-corrected chi connectivity index (χ2v) is 9.38. The summed E-state index contributed by atoms with van der Waals surface area (Å²) < 4.78 is 98.1. The fourth-order valence-electron chi connectivity index (χ4n) is 4.03. The lowest BCUT2D eigenvalue weighted by atomic mass is 9.93. The zero-order valence-electron chi connectivity index (χ0n) is 15.7. The number of ether oxygens (including phenoxy) is 1. The molecule has 0 amide bonds. The van der Waals surface area contributed by atoms with Crippen LogP contribution < -0.4 is 0 Å². The molecule has 6 nitrogen and oxygen atoms in total. The van der Waals surface area contributed by atoms with E-state index in [1.54, 1.807) is 0 Å². The number of hydrogen-bond donors (Lipinski definition) is 0. The standard InChI is InChI=1S/C18H18F5N3O3S/c1-30(27,28)26-8-10-7-25(9-14(10)24-26)15-4-5-16(29-17(15)18(21,22)23)12-6-11(19)2-3-13(12)20/h2-3,6,8,15-17H,4-5,7,9H2,1H3/t15-,16-,17+/m1/s1. The van der Waals surface area contributed by atoms with Gasteiger partial charge in [0.25, 0.3) is 10.0 Å². The van der Waals surface area contributed by atoms with Crippen LogP contribution in [0.1, 0.15) is 35.8 Å². The van der Waals surface area contributed by atoms with Gasteiger partial charge in [-0.05, 0) is 31.0 Å². The fraction of sp³-hybridized carbons (Fsp3) is 0.500. The van der Waals surface area contributed by atoms with E-state index < -0.39 is 46.1 Å². The summed E-state index contributed by atoms with van der Waals surface area (Å²) in [5.74, 6) is -1.58. The van der Waals surface area contributed by atoms with E-state index in [0.29, 0.717) is 11.3 Å². The second-order valence-electron chi connectivity index (χ2n) is 7.54. The van der Waals surface area contributed by atoms with E-state index in [9.17, 15) is 30.4 Å². The maximum Gasteiger partial charge on any atom is 0.416 e. The molecule has 0 unspecified atom stereocenters. The Labute approximate surface area is 169 Å². The molecule has 4 rings (SSSR count). The predicted octanol–water partition coefficient (Wildman–Crippen LogP) is 3.14. The van der Waals surface area contributed by atoms with Gasteiger partial charge in [-0.3, -0.25) is 4.90 Å². The van der Waals surface area contributed by atoms with Crippen molar-refractivity contribution in [3.8, 4) is 0 Å². The number of benzene rings is 1. The highest BCUT2D eigenvalue weighted by Gasteiger charge is 2.52. The van der Waals surface area contributed by atoms with E-state index in [-0.39, 0.29) is 31.5 Å². The number of fused-ring (bicyclic) bond motifs is 1. The van der Waals surface area contributed by atoms with Crippen LogP contribution in [0.3, 0.4) is 0 Å². The highest BCUT2D eigenvalue weighted by molar-refractivity contribution is 7.89. The van der Waals surface area contributed by atoms with Gasteiger partial charge in [0.05, 0.1) is 18.1 Å². The Bertz CT molecular complexity index is 1050. The van der Waals surface area contributed by atoms with Gasteiger partial charge in [0.2, 0.25) is 0 Å². The van der Waals surface area contributed by atoms with Gasteiger partial charge in [-0.2, -0.15) is 22.4 Å². The lowest BCUT2D eigenvalue weighted by molar-refractivity contribution is -0.266. The monoisotopic (exact) mass is 451 g/mol. The zero-order valence-corrected chi connectivity index (χ0v) is 16.6. The highest BCUT2D eigenvalue weighted by atomic mass is 32.2. The van der Waals surface area contributed by atoms with Crippen LogP contribution in [-0.2, 0) is 27.8 Å². The molecule has 2 aromatic rings. The van der Waals surface area contributed by atoms with Gasteiger partial charge in [-0.1, -0.05) is 0 Å². The van der Waals surface area contributed by atoms with E-state index in [1.807, 2.05) is 0 Å². The molecule has 3 atom stereocenters. The number of halogens is 5. The summed E-state index contributed by atoms with van der Waals surface area (Å²) in [7, 11) is -3.59. The molecule has 1 saturated heterocycles. The van der Waals surface area contributed by atoms with Crippen LogP contribution in [0.4, 0.5) is 22.0 Å². The molecule has 1 fully saturated rings. The minimum absolute atomic E-state index is 0.0391. The van der Waals surface area contributed by atoms with E-state index in [4.69, 9.17) is 4.74 Å². The Morgan fingerprint density at radius 1 is 1.17 bits per heavy atom. The van der Waals surface area contributed by atoms with Gasteiger partial charge in [-0.25, -0.2) is 17.2 Å². The molecule has 2 aliphatic heterocycles. The summed E-state index contributed by atoms with van der Waals surface area (Å²) >= 11 is 0. The first-order chi connectivity index (χ1) is 13.9. The Morgan fingerprint density at radius 3 is 2.53 bits per heavy atom. The van der Waals surface area contributed by atoms with Crippen molar-refractivity contribution in [3.05, 3.63) is 52.9 Å². The molecule has 1 aromatic heterocycles. The van der Waals surface area contributed by atoms with Crippen molar-refractivity contribution < 1.29 is 35.1 Å². The molecular formula is C18H18F5N3O3S. The van der Waals surface area contributed by atoms with Gasteiger partial charge in [0, 0.05) is 36.5 Å². The number of nitrogens with zero attached hydrogens (tertiary/aromatic N) is 3. The quantitative estimate of drug-likeness (QED) is 0.671. The van der Waals surface area contributed by atoms with Crippen molar-refractivity contribution in [1.29, 1.82) is 0 Å².